The van der Waals surface area contributed by atoms with Gasteiger partial charge >= 0.3 is 30.2 Å². The third kappa shape index (κ3) is 8.94. The van der Waals surface area contributed by atoms with Crippen molar-refractivity contribution in [3.8, 4) is 0 Å². The Labute approximate surface area is 226 Å². The molecule has 0 atom stereocenters. The van der Waals surface area contributed by atoms with Crippen molar-refractivity contribution in [2.24, 2.45) is 0 Å². The summed E-state index contributed by atoms with van der Waals surface area (Å²) in [4.78, 5) is 0. The van der Waals surface area contributed by atoms with Crippen LogP contribution in [0.2, 0.25) is 0 Å². The van der Waals surface area contributed by atoms with Crippen LogP contribution >= 0.6 is 24.8 Å². The fourth-order valence-electron chi connectivity index (χ4n) is 3.82. The first-order chi connectivity index (χ1) is 13.4. The van der Waals surface area contributed by atoms with E-state index in [0.717, 1.165) is 0 Å². The molecule has 32 heavy (non-hydrogen) atoms. The monoisotopic (exact) mass is 562 g/mol. The van der Waals surface area contributed by atoms with E-state index in [-0.39, 0.29) is 39.7 Å². The van der Waals surface area contributed by atoms with E-state index in [0.29, 0.717) is 11.8 Å². The van der Waals surface area contributed by atoms with E-state index in [2.05, 4.69) is 109 Å². The predicted molar refractivity (Wildman–Crippen MR) is 150 cm³/mol. The third-order valence-corrected chi connectivity index (χ3v) is 5.10. The van der Waals surface area contributed by atoms with Crippen LogP contribution < -0.4 is 0 Å². The molecule has 176 valence electrons. The summed E-state index contributed by atoms with van der Waals surface area (Å²) in [5.74, 6) is 1.23. The second-order valence-corrected chi connectivity index (χ2v) is 8.08. The van der Waals surface area contributed by atoms with Crippen molar-refractivity contribution >= 4 is 53.2 Å². The molecule has 0 amide bonds. The molecule has 0 aliphatic carbocycles. The van der Waals surface area contributed by atoms with Crippen LogP contribution in [0.1, 0.15) is 61.8 Å². The van der Waals surface area contributed by atoms with Gasteiger partial charge in [0, 0.05) is 0 Å². The Hall–Kier alpha value is -0.660. The Kier molecular flexibility index (Phi) is 18.9. The van der Waals surface area contributed by atoms with Crippen molar-refractivity contribution in [1.29, 1.82) is 0 Å². The molecule has 0 saturated carbocycles. The summed E-state index contributed by atoms with van der Waals surface area (Å²) < 4.78 is 0. The SMILES string of the molecule is Cc1cc2c(C(C)C)cccc2[cH-]1.Cc1cc2c(C(C)C)cccc2[cH-]1.Cl.Cl.[CH3-].[CH3-].[Si]=[Zr]. The van der Waals surface area contributed by atoms with Crippen LogP contribution in [0.5, 0.6) is 0 Å². The van der Waals surface area contributed by atoms with Crippen molar-refractivity contribution < 1.29 is 23.3 Å². The summed E-state index contributed by atoms with van der Waals surface area (Å²) in [7, 11) is 0. The second kappa shape index (κ2) is 16.9. The Morgan fingerprint density at radius 3 is 1.25 bits per heavy atom. The Morgan fingerprint density at radius 2 is 0.969 bits per heavy atom. The number of aryl methyl sites for hydroxylation is 2. The summed E-state index contributed by atoms with van der Waals surface area (Å²) in [5.41, 5.74) is 5.66. The van der Waals surface area contributed by atoms with E-state index in [9.17, 15) is 0 Å². The number of halogens is 2. The number of rotatable bonds is 2. The van der Waals surface area contributed by atoms with E-state index in [4.69, 9.17) is 0 Å². The Morgan fingerprint density at radius 1 is 0.656 bits per heavy atom. The molecule has 4 aromatic rings. The van der Waals surface area contributed by atoms with Gasteiger partial charge in [0.15, 0.2) is 0 Å². The van der Waals surface area contributed by atoms with E-state index in [1.54, 1.807) is 0 Å². The predicted octanol–water partition coefficient (Wildman–Crippen LogP) is 9.34. The second-order valence-electron chi connectivity index (χ2n) is 8.08. The molecule has 4 rings (SSSR count). The molecule has 0 N–H and O–H groups in total. The molecule has 0 saturated heterocycles. The minimum atomic E-state index is 0. The average Bonchev–Trinajstić information content (AvgIpc) is 3.23. The van der Waals surface area contributed by atoms with Crippen LogP contribution in [0.15, 0.2) is 60.7 Å². The molecule has 0 unspecified atom stereocenters. The molecule has 2 radical (unpaired) electrons. The van der Waals surface area contributed by atoms with Gasteiger partial charge in [0.25, 0.3) is 0 Å². The zero-order valence-corrected chi connectivity index (χ0v) is 25.8. The van der Waals surface area contributed by atoms with E-state index < -0.39 is 0 Å². The molecule has 0 nitrogen and oxygen atoms in total. The van der Waals surface area contributed by atoms with Crippen LogP contribution in [-0.2, 0) is 23.3 Å². The summed E-state index contributed by atoms with van der Waals surface area (Å²) in [6.07, 6.45) is 0. The standard InChI is InChI=1S/2C13H15.2CH3.2ClH.Si.Zr/c2*1-9(2)12-6-4-5-11-7-10(3)8-13(11)12;;;;;;/h2*4-9H,1-3H3;2*1H3;2*1H;;/q4*-1;;;;. The van der Waals surface area contributed by atoms with Gasteiger partial charge in [-0.3, -0.25) is 0 Å². The zero-order valence-electron chi connectivity index (χ0n) is 20.7. The van der Waals surface area contributed by atoms with Gasteiger partial charge in [-0.15, -0.1) is 93.9 Å². The average molecular weight is 565 g/mol. The molecule has 0 bridgehead atoms. The van der Waals surface area contributed by atoms with Crippen molar-refractivity contribution in [3.05, 3.63) is 97.8 Å². The quantitative estimate of drug-likeness (QED) is 0.168. The summed E-state index contributed by atoms with van der Waals surface area (Å²) in [6, 6.07) is 22.2. The first-order valence-corrected chi connectivity index (χ1v) is 14.1. The van der Waals surface area contributed by atoms with Gasteiger partial charge in [0.05, 0.1) is 0 Å². The Bertz CT molecular complexity index is 960. The third-order valence-electron chi connectivity index (χ3n) is 5.10. The minimum absolute atomic E-state index is 0. The number of benzene rings is 2. The van der Waals surface area contributed by atoms with E-state index in [1.165, 1.54) is 67.1 Å². The fourth-order valence-corrected chi connectivity index (χ4v) is 3.82. The molecular formula is C28H38Cl2SiZr-4. The molecule has 0 fully saturated rings. The van der Waals surface area contributed by atoms with Gasteiger partial charge in [-0.05, 0) is 11.8 Å². The maximum atomic E-state index is 3.06. The van der Waals surface area contributed by atoms with Gasteiger partial charge in [-0.25, -0.2) is 0 Å². The molecule has 4 heteroatoms. The van der Waals surface area contributed by atoms with Crippen LogP contribution in [0.4, 0.5) is 0 Å². The summed E-state index contributed by atoms with van der Waals surface area (Å²) >= 11 is 1.36. The molecule has 0 aromatic heterocycles. The first-order valence-electron chi connectivity index (χ1n) is 9.93. The van der Waals surface area contributed by atoms with Crippen molar-refractivity contribution in [2.45, 2.75) is 53.4 Å². The molecule has 0 aliphatic rings. The fraction of sp³-hybridized carbons (Fsp3) is 0.286. The molecular weight excluding hydrogens is 527 g/mol. The van der Waals surface area contributed by atoms with Crippen molar-refractivity contribution in [1.82, 2.24) is 0 Å². The molecule has 4 aromatic carbocycles. The van der Waals surface area contributed by atoms with Gasteiger partial charge in [0.1, 0.15) is 0 Å². The molecule has 0 spiro atoms. The van der Waals surface area contributed by atoms with Gasteiger partial charge in [0.2, 0.25) is 0 Å². The van der Waals surface area contributed by atoms with Gasteiger partial charge in [-0.2, -0.15) is 12.1 Å². The Balaban J connectivity index is -0.000000437. The zero-order chi connectivity index (χ0) is 20.8. The van der Waals surface area contributed by atoms with Crippen molar-refractivity contribution in [3.63, 3.8) is 0 Å². The van der Waals surface area contributed by atoms with Crippen LogP contribution in [0.3, 0.4) is 0 Å². The normalized spacial score (nSPS) is 9.34. The van der Waals surface area contributed by atoms with E-state index >= 15 is 0 Å². The number of hydrogen-bond donors (Lipinski definition) is 0. The maximum absolute atomic E-state index is 3.06. The summed E-state index contributed by atoms with van der Waals surface area (Å²) in [6.45, 7) is 16.4. The number of hydrogen-bond acceptors (Lipinski definition) is 0. The van der Waals surface area contributed by atoms with Crippen LogP contribution in [0, 0.1) is 28.7 Å². The van der Waals surface area contributed by atoms with Gasteiger partial charge < -0.3 is 14.9 Å². The van der Waals surface area contributed by atoms with Crippen LogP contribution in [0.25, 0.3) is 21.5 Å². The van der Waals surface area contributed by atoms with Crippen molar-refractivity contribution in [2.75, 3.05) is 0 Å². The molecule has 0 heterocycles. The topological polar surface area (TPSA) is 0 Å². The number of fused-ring (bicyclic) bond motifs is 2. The molecule has 0 aliphatic heterocycles. The van der Waals surface area contributed by atoms with Gasteiger partial charge in [-0.1, -0.05) is 64.8 Å². The van der Waals surface area contributed by atoms with Crippen LogP contribution in [-0.4, -0.2) is 6.88 Å². The first kappa shape index (κ1) is 35.9. The van der Waals surface area contributed by atoms with E-state index in [1.807, 2.05) is 0 Å². The summed E-state index contributed by atoms with van der Waals surface area (Å²) in [5, 5.41) is 5.61.